The molecule has 3 N–H and O–H groups in total. The van der Waals surface area contributed by atoms with Crippen LogP contribution in [0.5, 0.6) is 0 Å². The van der Waals surface area contributed by atoms with Gasteiger partial charge in [0.2, 0.25) is 5.91 Å². The Kier molecular flexibility index (Phi) is 4.39. The van der Waals surface area contributed by atoms with Gasteiger partial charge in [-0.25, -0.2) is 0 Å². The number of hydrogen-bond donors (Lipinski definition) is 2. The van der Waals surface area contributed by atoms with Crippen LogP contribution in [-0.4, -0.2) is 40.4 Å². The predicted octanol–water partition coefficient (Wildman–Crippen LogP) is -1.03. The average Bonchev–Trinajstić information content (AvgIpc) is 2.64. The molecule has 2 unspecified atom stereocenters. The van der Waals surface area contributed by atoms with E-state index in [4.69, 9.17) is 10.5 Å². The van der Waals surface area contributed by atoms with Gasteiger partial charge >= 0.3 is 0 Å². The predicted molar refractivity (Wildman–Crippen MR) is 57.4 cm³/mol. The number of amides is 1. The summed E-state index contributed by atoms with van der Waals surface area (Å²) in [5, 5.41) is 10.4. The van der Waals surface area contributed by atoms with Gasteiger partial charge in [0.25, 0.3) is 0 Å². The summed E-state index contributed by atoms with van der Waals surface area (Å²) in [6, 6.07) is -0.899. The third kappa shape index (κ3) is 3.01. The number of aromatic nitrogens is 3. The van der Waals surface area contributed by atoms with Crippen molar-refractivity contribution >= 4 is 5.91 Å². The zero-order valence-corrected chi connectivity index (χ0v) is 9.67. The van der Waals surface area contributed by atoms with Crippen LogP contribution in [0.3, 0.4) is 0 Å². The van der Waals surface area contributed by atoms with Gasteiger partial charge in [-0.15, -0.1) is 10.2 Å². The zero-order chi connectivity index (χ0) is 12.1. The molecule has 0 bridgehead atoms. The minimum Gasteiger partial charge on any atom is -0.383 e. The fourth-order valence-electron chi connectivity index (χ4n) is 1.32. The van der Waals surface area contributed by atoms with Gasteiger partial charge in [0.1, 0.15) is 12.4 Å². The van der Waals surface area contributed by atoms with Crippen LogP contribution in [0.4, 0.5) is 0 Å². The van der Waals surface area contributed by atoms with Gasteiger partial charge in [0.15, 0.2) is 5.82 Å². The summed E-state index contributed by atoms with van der Waals surface area (Å²) in [5.74, 6) is 0.412. The van der Waals surface area contributed by atoms with Crippen molar-refractivity contribution in [2.45, 2.75) is 19.0 Å². The second-order valence-corrected chi connectivity index (χ2v) is 3.59. The number of aryl methyl sites for hydroxylation is 1. The number of carbonyl (C=O) groups is 1. The Hall–Kier alpha value is -1.47. The molecule has 7 nitrogen and oxygen atoms in total. The third-order valence-corrected chi connectivity index (χ3v) is 2.18. The molecule has 0 spiro atoms. The van der Waals surface area contributed by atoms with E-state index in [-0.39, 0.29) is 18.6 Å². The Balaban J connectivity index is 2.55. The Morgan fingerprint density at radius 3 is 2.94 bits per heavy atom. The van der Waals surface area contributed by atoms with E-state index in [9.17, 15) is 4.79 Å². The molecule has 0 aliphatic carbocycles. The molecular formula is C9H17N5O2. The summed E-state index contributed by atoms with van der Waals surface area (Å²) in [7, 11) is 3.31. The highest BCUT2D eigenvalue weighted by molar-refractivity contribution is 5.81. The number of carbonyl (C=O) groups excluding carboxylic acids is 1. The van der Waals surface area contributed by atoms with E-state index >= 15 is 0 Å². The van der Waals surface area contributed by atoms with Crippen LogP contribution in [0.2, 0.25) is 0 Å². The molecule has 0 saturated heterocycles. The highest BCUT2D eigenvalue weighted by Crippen LogP contribution is 2.06. The number of methoxy groups -OCH3 is 1. The van der Waals surface area contributed by atoms with Gasteiger partial charge in [-0.1, -0.05) is 0 Å². The number of nitrogens with zero attached hydrogens (tertiary/aromatic N) is 3. The molecule has 0 saturated carbocycles. The lowest BCUT2D eigenvalue weighted by Crippen LogP contribution is -2.44. The monoisotopic (exact) mass is 227 g/mol. The Labute approximate surface area is 94.0 Å². The van der Waals surface area contributed by atoms with E-state index in [1.165, 1.54) is 7.11 Å². The van der Waals surface area contributed by atoms with E-state index < -0.39 is 6.04 Å². The molecule has 0 aromatic carbocycles. The van der Waals surface area contributed by atoms with Crippen molar-refractivity contribution in [3.8, 4) is 0 Å². The van der Waals surface area contributed by atoms with Crippen molar-refractivity contribution in [1.82, 2.24) is 20.1 Å². The molecule has 2 atom stereocenters. The first-order valence-corrected chi connectivity index (χ1v) is 4.95. The Morgan fingerprint density at radius 1 is 1.75 bits per heavy atom. The summed E-state index contributed by atoms with van der Waals surface area (Å²) in [6.07, 6.45) is 1.58. The SMILES string of the molecule is COCC(N)C(=O)NC(C)c1nncn1C. The molecule has 1 aromatic heterocycles. The smallest absolute Gasteiger partial charge is 0.239 e. The van der Waals surface area contributed by atoms with Crippen LogP contribution in [0.1, 0.15) is 18.8 Å². The molecule has 0 aliphatic rings. The van der Waals surface area contributed by atoms with Gasteiger partial charge in [0.05, 0.1) is 12.6 Å². The minimum atomic E-state index is -0.666. The maximum absolute atomic E-state index is 11.6. The Morgan fingerprint density at radius 2 is 2.44 bits per heavy atom. The maximum Gasteiger partial charge on any atom is 0.239 e. The van der Waals surface area contributed by atoms with E-state index in [2.05, 4.69) is 15.5 Å². The van der Waals surface area contributed by atoms with Crippen LogP contribution < -0.4 is 11.1 Å². The molecule has 90 valence electrons. The minimum absolute atomic E-state index is 0.192. The molecule has 0 fully saturated rings. The molecular weight excluding hydrogens is 210 g/mol. The lowest BCUT2D eigenvalue weighted by Gasteiger charge is -2.16. The summed E-state index contributed by atoms with van der Waals surface area (Å²) >= 11 is 0. The largest absolute Gasteiger partial charge is 0.383 e. The van der Waals surface area contributed by atoms with Crippen molar-refractivity contribution in [3.63, 3.8) is 0 Å². The normalized spacial score (nSPS) is 14.5. The lowest BCUT2D eigenvalue weighted by molar-refractivity contribution is -0.124. The van der Waals surface area contributed by atoms with Gasteiger partial charge in [-0.2, -0.15) is 0 Å². The van der Waals surface area contributed by atoms with E-state index in [0.29, 0.717) is 5.82 Å². The number of nitrogens with two attached hydrogens (primary N) is 1. The summed E-state index contributed by atoms with van der Waals surface area (Å²) < 4.78 is 6.54. The molecule has 16 heavy (non-hydrogen) atoms. The van der Waals surface area contributed by atoms with Crippen LogP contribution in [0.25, 0.3) is 0 Å². The van der Waals surface area contributed by atoms with Crippen molar-refractivity contribution in [1.29, 1.82) is 0 Å². The highest BCUT2D eigenvalue weighted by atomic mass is 16.5. The second kappa shape index (κ2) is 5.57. The number of rotatable bonds is 5. The molecule has 1 rings (SSSR count). The zero-order valence-electron chi connectivity index (χ0n) is 9.67. The van der Waals surface area contributed by atoms with E-state index in [1.54, 1.807) is 10.9 Å². The van der Waals surface area contributed by atoms with Gasteiger partial charge < -0.3 is 20.4 Å². The van der Waals surface area contributed by atoms with Gasteiger partial charge in [-0.3, -0.25) is 4.79 Å². The molecule has 1 amide bonds. The van der Waals surface area contributed by atoms with E-state index in [0.717, 1.165) is 0 Å². The van der Waals surface area contributed by atoms with Crippen molar-refractivity contribution in [2.75, 3.05) is 13.7 Å². The highest BCUT2D eigenvalue weighted by Gasteiger charge is 2.18. The quantitative estimate of drug-likeness (QED) is 0.670. The van der Waals surface area contributed by atoms with Crippen molar-refractivity contribution < 1.29 is 9.53 Å². The Bertz CT molecular complexity index is 351. The maximum atomic E-state index is 11.6. The van der Waals surface area contributed by atoms with Crippen LogP contribution >= 0.6 is 0 Å². The van der Waals surface area contributed by atoms with Gasteiger partial charge in [0, 0.05) is 14.2 Å². The fourth-order valence-corrected chi connectivity index (χ4v) is 1.32. The number of nitrogens with one attached hydrogen (secondary N) is 1. The number of hydrogen-bond acceptors (Lipinski definition) is 5. The first-order chi connectivity index (χ1) is 7.56. The molecule has 1 aromatic rings. The van der Waals surface area contributed by atoms with E-state index in [1.807, 2.05) is 14.0 Å². The summed E-state index contributed by atoms with van der Waals surface area (Å²) in [4.78, 5) is 11.6. The van der Waals surface area contributed by atoms with Crippen LogP contribution in [0.15, 0.2) is 6.33 Å². The summed E-state index contributed by atoms with van der Waals surface area (Å²) in [6.45, 7) is 2.01. The lowest BCUT2D eigenvalue weighted by atomic mass is 10.2. The molecule has 0 aliphatic heterocycles. The average molecular weight is 227 g/mol. The topological polar surface area (TPSA) is 95.1 Å². The van der Waals surface area contributed by atoms with Crippen molar-refractivity contribution in [3.05, 3.63) is 12.2 Å². The number of ether oxygens (including phenoxy) is 1. The molecule has 1 heterocycles. The van der Waals surface area contributed by atoms with Crippen LogP contribution in [-0.2, 0) is 16.6 Å². The second-order valence-electron chi connectivity index (χ2n) is 3.59. The van der Waals surface area contributed by atoms with Crippen LogP contribution in [0, 0.1) is 0 Å². The fraction of sp³-hybridized carbons (Fsp3) is 0.667. The first kappa shape index (κ1) is 12.6. The van der Waals surface area contributed by atoms with Gasteiger partial charge in [-0.05, 0) is 6.92 Å². The standard InChI is InChI=1S/C9H17N5O2/c1-6(8-13-11-5-14(8)2)12-9(15)7(10)4-16-3/h5-7H,4,10H2,1-3H3,(H,12,15). The van der Waals surface area contributed by atoms with Crippen molar-refractivity contribution in [2.24, 2.45) is 12.8 Å². The molecule has 0 radical (unpaired) electrons. The third-order valence-electron chi connectivity index (χ3n) is 2.18. The molecule has 7 heteroatoms. The first-order valence-electron chi connectivity index (χ1n) is 4.95. The summed E-state index contributed by atoms with van der Waals surface area (Å²) in [5.41, 5.74) is 5.59.